The Bertz CT molecular complexity index is 1130. The Balaban J connectivity index is 1.54. The quantitative estimate of drug-likeness (QED) is 0.528. The highest BCUT2D eigenvalue weighted by Gasteiger charge is 2.18. The number of primary amides is 1. The topological polar surface area (TPSA) is 106 Å². The maximum Gasteiger partial charge on any atom is 0.319 e. The third-order valence-electron chi connectivity index (χ3n) is 5.83. The summed E-state index contributed by atoms with van der Waals surface area (Å²) in [4.78, 5) is 25.0. The first-order valence-electron chi connectivity index (χ1n) is 11.3. The van der Waals surface area contributed by atoms with Gasteiger partial charge in [0.15, 0.2) is 0 Å². The van der Waals surface area contributed by atoms with Crippen LogP contribution in [-0.4, -0.2) is 67.4 Å². The fraction of sp³-hybridized carbons (Fsp3) is 0.320. The van der Waals surface area contributed by atoms with Gasteiger partial charge < -0.3 is 20.5 Å². The SMILES string of the molecule is COc1ccccc1-c1cc(Nc2ccc(C)c(N(CCN3CCOCC3)C(N)=O)c2)ncn1. The van der Waals surface area contributed by atoms with Crippen LogP contribution in [0.4, 0.5) is 22.0 Å². The van der Waals surface area contributed by atoms with E-state index in [0.717, 1.165) is 53.6 Å². The first-order chi connectivity index (χ1) is 16.5. The number of aromatic nitrogens is 2. The molecule has 9 heteroatoms. The maximum absolute atomic E-state index is 12.3. The lowest BCUT2D eigenvalue weighted by Gasteiger charge is -2.30. The lowest BCUT2D eigenvalue weighted by molar-refractivity contribution is 0.0393. The molecule has 1 saturated heterocycles. The highest BCUT2D eigenvalue weighted by atomic mass is 16.5. The number of hydrogen-bond donors (Lipinski definition) is 2. The second kappa shape index (κ2) is 11.0. The van der Waals surface area contributed by atoms with E-state index in [2.05, 4.69) is 20.2 Å². The number of morpholine rings is 1. The molecule has 1 fully saturated rings. The van der Waals surface area contributed by atoms with Crippen molar-refractivity contribution in [3.63, 3.8) is 0 Å². The largest absolute Gasteiger partial charge is 0.496 e. The van der Waals surface area contributed by atoms with Crippen molar-refractivity contribution in [1.82, 2.24) is 14.9 Å². The number of anilines is 3. The van der Waals surface area contributed by atoms with Crippen LogP contribution in [-0.2, 0) is 4.74 Å². The number of nitrogens with two attached hydrogens (primary N) is 1. The Hall–Kier alpha value is -3.69. The molecule has 1 aromatic heterocycles. The number of carbonyl (C=O) groups excluding carboxylic acids is 1. The molecule has 2 amide bonds. The van der Waals surface area contributed by atoms with Crippen LogP contribution < -0.4 is 20.7 Å². The number of ether oxygens (including phenoxy) is 2. The van der Waals surface area contributed by atoms with Crippen LogP contribution in [0.5, 0.6) is 5.75 Å². The van der Waals surface area contributed by atoms with Crippen LogP contribution in [0.1, 0.15) is 5.56 Å². The number of rotatable bonds is 8. The average Bonchev–Trinajstić information content (AvgIpc) is 2.86. The molecule has 34 heavy (non-hydrogen) atoms. The molecule has 1 aliphatic heterocycles. The van der Waals surface area contributed by atoms with Crippen molar-refractivity contribution in [2.45, 2.75) is 6.92 Å². The van der Waals surface area contributed by atoms with Gasteiger partial charge in [-0.15, -0.1) is 0 Å². The molecule has 4 rings (SSSR count). The fourth-order valence-electron chi connectivity index (χ4n) is 3.97. The summed E-state index contributed by atoms with van der Waals surface area (Å²) in [5.74, 6) is 1.37. The van der Waals surface area contributed by atoms with Crippen LogP contribution in [0, 0.1) is 6.92 Å². The van der Waals surface area contributed by atoms with Crippen LogP contribution in [0.25, 0.3) is 11.3 Å². The van der Waals surface area contributed by atoms with Crippen molar-refractivity contribution in [2.24, 2.45) is 5.73 Å². The minimum Gasteiger partial charge on any atom is -0.496 e. The number of amides is 2. The van der Waals surface area contributed by atoms with E-state index in [4.69, 9.17) is 15.2 Å². The number of nitrogens with zero attached hydrogens (tertiary/aromatic N) is 4. The summed E-state index contributed by atoms with van der Waals surface area (Å²) in [6.45, 7) is 6.34. The molecule has 9 nitrogen and oxygen atoms in total. The lowest BCUT2D eigenvalue weighted by atomic mass is 10.1. The molecule has 1 aliphatic rings. The number of carbonyl (C=O) groups is 1. The van der Waals surface area contributed by atoms with Gasteiger partial charge in [0.1, 0.15) is 17.9 Å². The van der Waals surface area contributed by atoms with E-state index in [1.165, 1.54) is 6.33 Å². The summed E-state index contributed by atoms with van der Waals surface area (Å²) in [5, 5.41) is 3.32. The van der Waals surface area contributed by atoms with E-state index in [0.29, 0.717) is 25.6 Å². The van der Waals surface area contributed by atoms with Gasteiger partial charge in [0.25, 0.3) is 0 Å². The van der Waals surface area contributed by atoms with Gasteiger partial charge >= 0.3 is 6.03 Å². The minimum absolute atomic E-state index is 0.478. The van der Waals surface area contributed by atoms with Crippen LogP contribution >= 0.6 is 0 Å². The molecule has 178 valence electrons. The average molecular weight is 463 g/mol. The van der Waals surface area contributed by atoms with Gasteiger partial charge in [0.2, 0.25) is 0 Å². The summed E-state index contributed by atoms with van der Waals surface area (Å²) in [7, 11) is 1.64. The first-order valence-corrected chi connectivity index (χ1v) is 11.3. The molecule has 2 heterocycles. The molecular formula is C25H30N6O3. The minimum atomic E-state index is -0.478. The summed E-state index contributed by atoms with van der Waals surface area (Å²) in [6.07, 6.45) is 1.51. The molecule has 0 spiro atoms. The molecule has 2 aromatic carbocycles. The third kappa shape index (κ3) is 5.62. The van der Waals surface area contributed by atoms with Crippen LogP contribution in [0.2, 0.25) is 0 Å². The number of aryl methyl sites for hydroxylation is 1. The highest BCUT2D eigenvalue weighted by Crippen LogP contribution is 2.30. The van der Waals surface area contributed by atoms with Gasteiger partial charge in [-0.25, -0.2) is 14.8 Å². The van der Waals surface area contributed by atoms with E-state index < -0.39 is 6.03 Å². The predicted octanol–water partition coefficient (Wildman–Crippen LogP) is 3.42. The number of para-hydroxylation sites is 1. The Kier molecular flexibility index (Phi) is 7.56. The summed E-state index contributed by atoms with van der Waals surface area (Å²) < 4.78 is 10.9. The van der Waals surface area contributed by atoms with E-state index in [1.54, 1.807) is 12.0 Å². The Morgan fingerprint density at radius 3 is 2.74 bits per heavy atom. The van der Waals surface area contributed by atoms with E-state index in [1.807, 2.05) is 55.5 Å². The van der Waals surface area contributed by atoms with E-state index >= 15 is 0 Å². The third-order valence-corrected chi connectivity index (χ3v) is 5.83. The Labute approximate surface area is 199 Å². The number of benzene rings is 2. The lowest BCUT2D eigenvalue weighted by Crippen LogP contribution is -2.45. The van der Waals surface area contributed by atoms with Crippen molar-refractivity contribution in [1.29, 1.82) is 0 Å². The molecule has 0 radical (unpaired) electrons. The molecule has 0 saturated carbocycles. The number of hydrogen-bond acceptors (Lipinski definition) is 7. The fourth-order valence-corrected chi connectivity index (χ4v) is 3.97. The Morgan fingerprint density at radius 1 is 1.18 bits per heavy atom. The highest BCUT2D eigenvalue weighted by molar-refractivity contribution is 5.92. The van der Waals surface area contributed by atoms with Gasteiger partial charge in [-0.1, -0.05) is 18.2 Å². The van der Waals surface area contributed by atoms with Gasteiger partial charge in [-0.05, 0) is 36.8 Å². The van der Waals surface area contributed by atoms with Gasteiger partial charge in [-0.2, -0.15) is 0 Å². The number of methoxy groups -OCH3 is 1. The van der Waals surface area contributed by atoms with Gasteiger partial charge in [-0.3, -0.25) is 9.80 Å². The molecule has 0 unspecified atom stereocenters. The Morgan fingerprint density at radius 2 is 1.97 bits per heavy atom. The van der Waals surface area contributed by atoms with Crippen molar-refractivity contribution < 1.29 is 14.3 Å². The molecule has 3 aromatic rings. The normalized spacial score (nSPS) is 13.9. The molecule has 0 bridgehead atoms. The van der Waals surface area contributed by atoms with Crippen LogP contribution in [0.15, 0.2) is 54.9 Å². The molecular weight excluding hydrogens is 432 g/mol. The number of urea groups is 1. The summed E-state index contributed by atoms with van der Waals surface area (Å²) in [5.41, 5.74) is 9.90. The van der Waals surface area contributed by atoms with Crippen molar-refractivity contribution in [3.05, 3.63) is 60.4 Å². The standard InChI is InChI=1S/C25H30N6O3/c1-18-7-8-19(15-22(18)31(25(26)32)10-9-30-11-13-34-14-12-30)29-24-16-21(27-17-28-24)20-5-3-4-6-23(20)33-2/h3-8,15-17H,9-14H2,1-2H3,(H2,26,32)(H,27,28,29). The molecule has 0 atom stereocenters. The van der Waals surface area contributed by atoms with Crippen LogP contribution in [0.3, 0.4) is 0 Å². The van der Waals surface area contributed by atoms with E-state index in [-0.39, 0.29) is 0 Å². The summed E-state index contributed by atoms with van der Waals surface area (Å²) in [6, 6.07) is 14.9. The first kappa shape index (κ1) is 23.5. The molecule has 0 aliphatic carbocycles. The van der Waals surface area contributed by atoms with Crippen molar-refractivity contribution in [2.75, 3.05) is 56.7 Å². The van der Waals surface area contributed by atoms with Gasteiger partial charge in [0, 0.05) is 43.5 Å². The zero-order chi connectivity index (χ0) is 23.9. The smallest absolute Gasteiger partial charge is 0.319 e. The maximum atomic E-state index is 12.3. The monoisotopic (exact) mass is 462 g/mol. The predicted molar refractivity (Wildman–Crippen MR) is 133 cm³/mol. The second-order valence-corrected chi connectivity index (χ2v) is 8.06. The van der Waals surface area contributed by atoms with Crippen molar-refractivity contribution in [3.8, 4) is 17.0 Å². The zero-order valence-electron chi connectivity index (χ0n) is 19.5. The number of nitrogens with one attached hydrogen (secondary N) is 1. The van der Waals surface area contributed by atoms with E-state index in [9.17, 15) is 4.79 Å². The second-order valence-electron chi connectivity index (χ2n) is 8.06. The van der Waals surface area contributed by atoms with Crippen molar-refractivity contribution >= 4 is 23.2 Å². The van der Waals surface area contributed by atoms with Gasteiger partial charge in [0.05, 0.1) is 31.7 Å². The molecule has 3 N–H and O–H groups in total. The summed E-state index contributed by atoms with van der Waals surface area (Å²) >= 11 is 0. The zero-order valence-corrected chi connectivity index (χ0v) is 19.5.